The zero-order valence-electron chi connectivity index (χ0n) is 10.2. The van der Waals surface area contributed by atoms with E-state index in [1.807, 2.05) is 6.07 Å². The van der Waals surface area contributed by atoms with Gasteiger partial charge in [0.2, 0.25) is 0 Å². The maximum atomic E-state index is 8.86. The minimum Gasteiger partial charge on any atom is -0.398 e. The van der Waals surface area contributed by atoms with Gasteiger partial charge >= 0.3 is 0 Å². The Morgan fingerprint density at radius 3 is 2.69 bits per heavy atom. The van der Waals surface area contributed by atoms with Crippen LogP contribution in [0.4, 0.5) is 11.4 Å². The number of nitrogens with two attached hydrogens (primary N) is 1. The molecule has 0 unspecified atom stereocenters. The van der Waals surface area contributed by atoms with Gasteiger partial charge in [-0.15, -0.1) is 0 Å². The molecule has 0 radical (unpaired) electrons. The molecule has 3 nitrogen and oxygen atoms in total. The van der Waals surface area contributed by atoms with E-state index in [2.05, 4.69) is 32.2 Å². The number of nitrogens with one attached hydrogen (secondary N) is 1. The van der Waals surface area contributed by atoms with Crippen molar-refractivity contribution in [2.45, 2.75) is 27.2 Å². The van der Waals surface area contributed by atoms with Crippen LogP contribution in [-0.2, 0) is 0 Å². The Kier molecular flexibility index (Phi) is 3.78. The topological polar surface area (TPSA) is 61.8 Å². The molecule has 3 N–H and O–H groups in total. The van der Waals surface area contributed by atoms with E-state index in [1.54, 1.807) is 12.1 Å². The summed E-state index contributed by atoms with van der Waals surface area (Å²) in [5.41, 5.74) is 7.92. The van der Waals surface area contributed by atoms with E-state index < -0.39 is 0 Å². The Hall–Kier alpha value is -1.69. The third-order valence-corrected chi connectivity index (χ3v) is 2.90. The summed E-state index contributed by atoms with van der Waals surface area (Å²) in [5, 5.41) is 12.2. The lowest BCUT2D eigenvalue weighted by atomic mass is 9.90. The van der Waals surface area contributed by atoms with Crippen molar-refractivity contribution >= 4 is 11.4 Å². The predicted octanol–water partition coefficient (Wildman–Crippen LogP) is 2.99. The number of hydrogen-bond donors (Lipinski definition) is 2. The minimum absolute atomic E-state index is 0.258. The lowest BCUT2D eigenvalue weighted by Crippen LogP contribution is -2.22. The number of anilines is 2. The molecule has 0 bridgehead atoms. The van der Waals surface area contributed by atoms with Crippen LogP contribution in [0, 0.1) is 16.7 Å². The molecule has 16 heavy (non-hydrogen) atoms. The van der Waals surface area contributed by atoms with Crippen LogP contribution >= 0.6 is 0 Å². The van der Waals surface area contributed by atoms with Gasteiger partial charge < -0.3 is 11.1 Å². The zero-order chi connectivity index (χ0) is 12.2. The van der Waals surface area contributed by atoms with Crippen molar-refractivity contribution in [3.63, 3.8) is 0 Å². The Balaban J connectivity index is 2.73. The SMILES string of the molecule is CCC(C)(C)CNc1ccc(N)c(C#N)c1. The Morgan fingerprint density at radius 2 is 2.12 bits per heavy atom. The maximum absolute atomic E-state index is 8.86. The molecule has 0 aromatic heterocycles. The highest BCUT2D eigenvalue weighted by Crippen LogP contribution is 2.22. The van der Waals surface area contributed by atoms with E-state index in [4.69, 9.17) is 11.0 Å². The van der Waals surface area contributed by atoms with Crippen molar-refractivity contribution in [1.82, 2.24) is 0 Å². The van der Waals surface area contributed by atoms with Crippen LogP contribution in [0.25, 0.3) is 0 Å². The number of benzene rings is 1. The molecule has 1 aromatic carbocycles. The summed E-state index contributed by atoms with van der Waals surface area (Å²) in [7, 11) is 0. The smallest absolute Gasteiger partial charge is 0.101 e. The fraction of sp³-hybridized carbons (Fsp3) is 0.462. The van der Waals surface area contributed by atoms with Crippen molar-refractivity contribution in [3.05, 3.63) is 23.8 Å². The molecule has 0 spiro atoms. The first-order valence-electron chi connectivity index (χ1n) is 5.52. The first kappa shape index (κ1) is 12.4. The monoisotopic (exact) mass is 217 g/mol. The van der Waals surface area contributed by atoms with Gasteiger partial charge in [0.15, 0.2) is 0 Å². The zero-order valence-corrected chi connectivity index (χ0v) is 10.2. The lowest BCUT2D eigenvalue weighted by Gasteiger charge is -2.23. The molecule has 0 saturated heterocycles. The third-order valence-electron chi connectivity index (χ3n) is 2.90. The van der Waals surface area contributed by atoms with Crippen LogP contribution in [0.15, 0.2) is 18.2 Å². The number of nitrogens with zero attached hydrogens (tertiary/aromatic N) is 1. The molecule has 1 aromatic rings. The molecule has 1 rings (SSSR count). The quantitative estimate of drug-likeness (QED) is 0.762. The van der Waals surface area contributed by atoms with Crippen molar-refractivity contribution in [1.29, 1.82) is 5.26 Å². The van der Waals surface area contributed by atoms with E-state index in [9.17, 15) is 0 Å². The lowest BCUT2D eigenvalue weighted by molar-refractivity contribution is 0.377. The minimum atomic E-state index is 0.258. The van der Waals surface area contributed by atoms with Gasteiger partial charge in [0.25, 0.3) is 0 Å². The highest BCUT2D eigenvalue weighted by atomic mass is 14.9. The largest absolute Gasteiger partial charge is 0.398 e. The highest BCUT2D eigenvalue weighted by molar-refractivity contribution is 5.61. The summed E-state index contributed by atoms with van der Waals surface area (Å²) >= 11 is 0. The van der Waals surface area contributed by atoms with Gasteiger partial charge in [0.1, 0.15) is 6.07 Å². The van der Waals surface area contributed by atoms with Crippen molar-refractivity contribution in [3.8, 4) is 6.07 Å². The van der Waals surface area contributed by atoms with Gasteiger partial charge in [0, 0.05) is 17.9 Å². The Labute approximate surface area is 97.3 Å². The molecule has 0 saturated carbocycles. The molecule has 0 aliphatic carbocycles. The van der Waals surface area contributed by atoms with E-state index in [1.165, 1.54) is 0 Å². The summed E-state index contributed by atoms with van der Waals surface area (Å²) < 4.78 is 0. The van der Waals surface area contributed by atoms with Gasteiger partial charge in [-0.2, -0.15) is 5.26 Å². The normalized spacial score (nSPS) is 10.9. The summed E-state index contributed by atoms with van der Waals surface area (Å²) in [6, 6.07) is 7.54. The van der Waals surface area contributed by atoms with Crippen molar-refractivity contribution in [2.75, 3.05) is 17.6 Å². The average Bonchev–Trinajstić information content (AvgIpc) is 2.28. The van der Waals surface area contributed by atoms with E-state index in [-0.39, 0.29) is 5.41 Å². The molecule has 3 heteroatoms. The molecule has 86 valence electrons. The molecule has 0 fully saturated rings. The molecule has 0 heterocycles. The molecular formula is C13H19N3. The maximum Gasteiger partial charge on any atom is 0.101 e. The van der Waals surface area contributed by atoms with Crippen LogP contribution in [-0.4, -0.2) is 6.54 Å². The van der Waals surface area contributed by atoms with E-state index >= 15 is 0 Å². The van der Waals surface area contributed by atoms with Gasteiger partial charge in [-0.3, -0.25) is 0 Å². The van der Waals surface area contributed by atoms with E-state index in [0.717, 1.165) is 18.7 Å². The summed E-state index contributed by atoms with van der Waals surface area (Å²) in [6.07, 6.45) is 1.11. The van der Waals surface area contributed by atoms with E-state index in [0.29, 0.717) is 11.3 Å². The molecule has 0 atom stereocenters. The predicted molar refractivity (Wildman–Crippen MR) is 68.1 cm³/mol. The highest BCUT2D eigenvalue weighted by Gasteiger charge is 2.14. The van der Waals surface area contributed by atoms with Crippen LogP contribution in [0.3, 0.4) is 0 Å². The second kappa shape index (κ2) is 4.89. The average molecular weight is 217 g/mol. The van der Waals surface area contributed by atoms with Crippen molar-refractivity contribution in [2.24, 2.45) is 5.41 Å². The van der Waals surface area contributed by atoms with Crippen LogP contribution in [0.5, 0.6) is 0 Å². The fourth-order valence-corrected chi connectivity index (χ4v) is 1.23. The molecule has 0 aliphatic rings. The summed E-state index contributed by atoms with van der Waals surface area (Å²) in [6.45, 7) is 7.48. The first-order chi connectivity index (χ1) is 7.48. The van der Waals surface area contributed by atoms with Gasteiger partial charge in [0.05, 0.1) is 5.56 Å². The third kappa shape index (κ3) is 3.16. The van der Waals surface area contributed by atoms with Gasteiger partial charge in [-0.05, 0) is 30.0 Å². The number of rotatable bonds is 4. The Morgan fingerprint density at radius 1 is 1.44 bits per heavy atom. The van der Waals surface area contributed by atoms with Crippen LogP contribution in [0.1, 0.15) is 32.8 Å². The fourth-order valence-electron chi connectivity index (χ4n) is 1.23. The summed E-state index contributed by atoms with van der Waals surface area (Å²) in [4.78, 5) is 0. The Bertz CT molecular complexity index is 402. The second-order valence-corrected chi connectivity index (χ2v) is 4.79. The van der Waals surface area contributed by atoms with Crippen molar-refractivity contribution < 1.29 is 0 Å². The number of nitrogen functional groups attached to an aromatic ring is 1. The number of hydrogen-bond acceptors (Lipinski definition) is 3. The molecule has 0 aliphatic heterocycles. The first-order valence-corrected chi connectivity index (χ1v) is 5.52. The van der Waals surface area contributed by atoms with Crippen LogP contribution in [0.2, 0.25) is 0 Å². The molecular weight excluding hydrogens is 198 g/mol. The number of nitriles is 1. The van der Waals surface area contributed by atoms with Gasteiger partial charge in [-0.1, -0.05) is 20.8 Å². The van der Waals surface area contributed by atoms with Crippen LogP contribution < -0.4 is 11.1 Å². The second-order valence-electron chi connectivity index (χ2n) is 4.79. The van der Waals surface area contributed by atoms with Gasteiger partial charge in [-0.25, -0.2) is 0 Å². The molecule has 0 amide bonds. The summed E-state index contributed by atoms with van der Waals surface area (Å²) in [5.74, 6) is 0. The standard InChI is InChI=1S/C13H19N3/c1-4-13(2,3)9-16-11-5-6-12(15)10(7-11)8-14/h5-7,16H,4,9,15H2,1-3H3.